The first kappa shape index (κ1) is 25.9. The van der Waals surface area contributed by atoms with Crippen LogP contribution in [0.5, 0.6) is 0 Å². The predicted octanol–water partition coefficient (Wildman–Crippen LogP) is -2.41. The van der Waals surface area contributed by atoms with Gasteiger partial charge in [0.05, 0.1) is 25.4 Å². The van der Waals surface area contributed by atoms with Gasteiger partial charge in [0.1, 0.15) is 17.4 Å². The Morgan fingerprint density at radius 1 is 1.40 bits per heavy atom. The maximum atomic E-state index is 13.0. The molecule has 17 nitrogen and oxygen atoms in total. The number of nitrogens with zero attached hydrogens (tertiary/aromatic N) is 6. The van der Waals surface area contributed by atoms with Crippen LogP contribution in [0.15, 0.2) is 16.7 Å². The molecule has 1 aliphatic rings. The van der Waals surface area contributed by atoms with Crippen LogP contribution in [0.25, 0.3) is 0 Å². The maximum Gasteiger partial charge on any atom is 0.362 e. The Balaban J connectivity index is 1.89. The summed E-state index contributed by atoms with van der Waals surface area (Å²) in [4.78, 5) is 45.7. The van der Waals surface area contributed by atoms with Crippen LogP contribution in [0.1, 0.15) is 25.2 Å². The molecule has 0 aromatic carbocycles. The lowest BCUT2D eigenvalue weighted by molar-refractivity contribution is -0.161. The minimum Gasteiger partial charge on any atom is -0.478 e. The molecule has 0 spiro atoms. The normalized spacial score (nSPS) is 18.8. The number of hydrogen-bond acceptors (Lipinski definition) is 13. The van der Waals surface area contributed by atoms with Crippen molar-refractivity contribution in [3.8, 4) is 0 Å². The first-order valence-corrected chi connectivity index (χ1v) is 11.8. The quantitative estimate of drug-likeness (QED) is 0.0926. The fraction of sp³-hybridized carbons (Fsp3) is 0.438. The molecule has 2 aromatic rings. The van der Waals surface area contributed by atoms with Gasteiger partial charge in [-0.25, -0.2) is 18.8 Å². The number of carboxylic acids is 1. The third-order valence-corrected chi connectivity index (χ3v) is 6.31. The topological polar surface area (TPSA) is 253 Å². The van der Waals surface area contributed by atoms with Gasteiger partial charge in [0.2, 0.25) is 5.60 Å². The second-order valence-electron chi connectivity index (χ2n) is 7.64. The molecular formula is C16H20N8O9S2. The van der Waals surface area contributed by atoms with Crippen molar-refractivity contribution in [1.82, 2.24) is 29.6 Å². The van der Waals surface area contributed by atoms with E-state index in [0.717, 1.165) is 16.0 Å². The molecule has 35 heavy (non-hydrogen) atoms. The molecular weight excluding hydrogens is 512 g/mol. The third-order valence-electron chi connectivity index (χ3n) is 4.69. The van der Waals surface area contributed by atoms with Gasteiger partial charge in [-0.05, 0) is 13.8 Å². The molecule has 1 fully saturated rings. The number of nitrogens with two attached hydrogens (primary N) is 1. The number of aromatic nitrogens is 4. The van der Waals surface area contributed by atoms with Crippen LogP contribution in [0, 0.1) is 0 Å². The number of thiazole rings is 1. The summed E-state index contributed by atoms with van der Waals surface area (Å²) in [7, 11) is -4.99. The highest BCUT2D eigenvalue weighted by atomic mass is 32.2. The first-order valence-electron chi connectivity index (χ1n) is 9.57. The zero-order valence-electron chi connectivity index (χ0n) is 18.1. The summed E-state index contributed by atoms with van der Waals surface area (Å²) in [5.74, 6) is -3.60. The van der Waals surface area contributed by atoms with Crippen LogP contribution in [0.2, 0.25) is 0 Å². The monoisotopic (exact) mass is 532 g/mol. The molecule has 2 atom stereocenters. The highest BCUT2D eigenvalue weighted by Crippen LogP contribution is 2.25. The summed E-state index contributed by atoms with van der Waals surface area (Å²) in [6.07, 6.45) is 1.27. The molecule has 0 aliphatic carbocycles. The number of carboxylic acid groups (broad SMARTS) is 1. The predicted molar refractivity (Wildman–Crippen MR) is 116 cm³/mol. The largest absolute Gasteiger partial charge is 0.478 e. The number of oxime groups is 1. The zero-order valence-corrected chi connectivity index (χ0v) is 19.7. The van der Waals surface area contributed by atoms with Crippen LogP contribution in [-0.4, -0.2) is 88.6 Å². The van der Waals surface area contributed by atoms with Gasteiger partial charge >= 0.3 is 16.3 Å². The van der Waals surface area contributed by atoms with Crippen molar-refractivity contribution < 1.29 is 42.4 Å². The summed E-state index contributed by atoms with van der Waals surface area (Å²) < 4.78 is 34.1. The van der Waals surface area contributed by atoms with E-state index < -0.39 is 58.1 Å². The van der Waals surface area contributed by atoms with E-state index in [9.17, 15) is 32.5 Å². The number of rotatable bonds is 10. The molecule has 2 aromatic heterocycles. The van der Waals surface area contributed by atoms with Crippen molar-refractivity contribution in [3.05, 3.63) is 23.0 Å². The molecule has 0 bridgehead atoms. The van der Waals surface area contributed by atoms with Gasteiger partial charge < -0.3 is 26.1 Å². The lowest BCUT2D eigenvalue weighted by atomic mass is 9.98. The van der Waals surface area contributed by atoms with Gasteiger partial charge in [-0.2, -0.15) is 8.42 Å². The lowest BCUT2D eigenvalue weighted by Crippen LogP contribution is -2.73. The third kappa shape index (κ3) is 5.53. The number of carbonyl (C=O) groups excluding carboxylic acids is 2. The maximum absolute atomic E-state index is 13.0. The molecule has 2 amide bonds. The number of carbonyl (C=O) groups is 3. The zero-order chi connectivity index (χ0) is 26.1. The van der Waals surface area contributed by atoms with Crippen LogP contribution >= 0.6 is 11.3 Å². The van der Waals surface area contributed by atoms with Gasteiger partial charge in [0.15, 0.2) is 10.8 Å². The Labute approximate surface area is 201 Å². The van der Waals surface area contributed by atoms with Crippen molar-refractivity contribution in [1.29, 1.82) is 0 Å². The van der Waals surface area contributed by atoms with E-state index in [1.807, 2.05) is 0 Å². The van der Waals surface area contributed by atoms with Gasteiger partial charge in [-0.15, -0.1) is 16.4 Å². The highest BCUT2D eigenvalue weighted by Gasteiger charge is 2.54. The number of amides is 2. The number of aliphatic hydroxyl groups is 1. The lowest BCUT2D eigenvalue weighted by Gasteiger charge is -2.43. The van der Waals surface area contributed by atoms with Gasteiger partial charge in [0, 0.05) is 5.38 Å². The van der Waals surface area contributed by atoms with Gasteiger partial charge in [-0.1, -0.05) is 10.4 Å². The van der Waals surface area contributed by atoms with E-state index in [2.05, 4.69) is 25.8 Å². The minimum atomic E-state index is -4.99. The Kier molecular flexibility index (Phi) is 7.06. The fourth-order valence-corrected chi connectivity index (χ4v) is 4.26. The van der Waals surface area contributed by atoms with Crippen molar-refractivity contribution in [2.24, 2.45) is 5.16 Å². The number of nitrogens with one attached hydrogen (secondary N) is 1. The molecule has 19 heteroatoms. The van der Waals surface area contributed by atoms with E-state index >= 15 is 0 Å². The van der Waals surface area contributed by atoms with Gasteiger partial charge in [-0.3, -0.25) is 14.1 Å². The second-order valence-corrected chi connectivity index (χ2v) is 9.82. The average Bonchev–Trinajstić information content (AvgIpc) is 3.39. The smallest absolute Gasteiger partial charge is 0.362 e. The highest BCUT2D eigenvalue weighted by molar-refractivity contribution is 7.84. The standard InChI is InChI=1S/C16H20N8O9S2/c1-16(2,14(28)29)33-21-10(8-6-34-15(17)18-8)12(26)19-11-9(24(13(11)27)35(30,31)32)4-23-3-7(5-25)20-22-23/h3,6,9,11,25H,4-5H2,1-2H3,(H2,17,18)(H,19,26)(H,28,29)(H,30,31,32)/b21-10-. The van der Waals surface area contributed by atoms with E-state index in [-0.39, 0.29) is 27.4 Å². The van der Waals surface area contributed by atoms with Crippen LogP contribution in [0.4, 0.5) is 5.13 Å². The summed E-state index contributed by atoms with van der Waals surface area (Å²) in [6.45, 7) is 1.58. The number of anilines is 1. The number of aliphatic hydroxyl groups excluding tert-OH is 1. The Bertz CT molecular complexity index is 1290. The first-order chi connectivity index (χ1) is 16.2. The minimum absolute atomic E-state index is 0.0546. The molecule has 2 unspecified atom stereocenters. The molecule has 0 radical (unpaired) electrons. The van der Waals surface area contributed by atoms with E-state index in [1.54, 1.807) is 0 Å². The Morgan fingerprint density at radius 2 is 2.09 bits per heavy atom. The summed E-state index contributed by atoms with van der Waals surface area (Å²) in [5, 5.41) is 32.9. The summed E-state index contributed by atoms with van der Waals surface area (Å²) >= 11 is 0.947. The van der Waals surface area contributed by atoms with Crippen molar-refractivity contribution >= 4 is 50.3 Å². The van der Waals surface area contributed by atoms with Crippen molar-refractivity contribution in [2.75, 3.05) is 5.73 Å². The molecule has 3 rings (SSSR count). The van der Waals surface area contributed by atoms with Crippen LogP contribution in [0.3, 0.4) is 0 Å². The average molecular weight is 533 g/mol. The number of hydrogen-bond donors (Lipinski definition) is 5. The van der Waals surface area contributed by atoms with Crippen LogP contribution in [-0.2, 0) is 42.7 Å². The Hall–Kier alpha value is -3.68. The number of β-lactam (4-membered cyclic amide) rings is 1. The van der Waals surface area contributed by atoms with Crippen molar-refractivity contribution in [2.45, 2.75) is 44.7 Å². The molecule has 6 N–H and O–H groups in total. The molecule has 0 saturated carbocycles. The van der Waals surface area contributed by atoms with Crippen molar-refractivity contribution in [3.63, 3.8) is 0 Å². The second kappa shape index (κ2) is 9.52. The Morgan fingerprint density at radius 3 is 2.60 bits per heavy atom. The fourth-order valence-electron chi connectivity index (χ4n) is 2.84. The summed E-state index contributed by atoms with van der Waals surface area (Å²) in [6, 6.07) is -2.80. The number of aliphatic carboxylic acids is 1. The van der Waals surface area contributed by atoms with E-state index in [4.69, 9.17) is 15.7 Å². The van der Waals surface area contributed by atoms with E-state index in [0.29, 0.717) is 0 Å². The molecule has 1 aliphatic heterocycles. The van der Waals surface area contributed by atoms with Crippen LogP contribution < -0.4 is 11.1 Å². The SMILES string of the molecule is CC(C)(O/N=C(\C(=O)NC1C(=O)N(S(=O)(=O)O)C1Cn1cc(CO)nn1)c1csc(N)n1)C(=O)O. The number of nitrogen functional groups attached to an aromatic ring is 1. The summed E-state index contributed by atoms with van der Waals surface area (Å²) in [5.41, 5.74) is 3.29. The molecule has 1 saturated heterocycles. The molecule has 3 heterocycles. The van der Waals surface area contributed by atoms with Gasteiger partial charge in [0.25, 0.3) is 11.8 Å². The van der Waals surface area contributed by atoms with E-state index in [1.165, 1.54) is 25.4 Å². The molecule has 190 valence electrons.